The highest BCUT2D eigenvalue weighted by Crippen LogP contribution is 2.15. The predicted molar refractivity (Wildman–Crippen MR) is 60.1 cm³/mol. The van der Waals surface area contributed by atoms with Crippen LogP contribution in [-0.4, -0.2) is 0 Å². The molecule has 3 rings (SSSR count). The van der Waals surface area contributed by atoms with E-state index >= 15 is 0 Å². The summed E-state index contributed by atoms with van der Waals surface area (Å²) < 4.78 is 0. The largest absolute Gasteiger partial charge is 0.359 e. The zero-order valence-electron chi connectivity index (χ0n) is 7.62. The number of anilines is 2. The number of hydrogen-bond donors (Lipinski definition) is 2. The first-order valence-electron chi connectivity index (χ1n) is 4.65. The summed E-state index contributed by atoms with van der Waals surface area (Å²) in [5, 5.41) is 8.97. The Morgan fingerprint density at radius 1 is 0.714 bits per heavy atom. The second-order valence-corrected chi connectivity index (χ2v) is 3.33. The van der Waals surface area contributed by atoms with Crippen molar-refractivity contribution >= 4 is 23.5 Å². The molecule has 2 heterocycles. The fourth-order valence-electron chi connectivity index (χ4n) is 1.79. The van der Waals surface area contributed by atoms with Gasteiger partial charge in [0.25, 0.3) is 0 Å². The maximum Gasteiger partial charge on any atom is 0.0698 e. The molecule has 14 heavy (non-hydrogen) atoms. The van der Waals surface area contributed by atoms with Crippen LogP contribution < -0.4 is 21.1 Å². The molecular weight excluding hydrogens is 172 g/mol. The molecule has 0 saturated carbocycles. The van der Waals surface area contributed by atoms with Gasteiger partial charge in [0, 0.05) is 22.8 Å². The number of benzene rings is 1. The lowest BCUT2D eigenvalue weighted by Crippen LogP contribution is -2.21. The van der Waals surface area contributed by atoms with E-state index in [4.69, 9.17) is 0 Å². The molecule has 68 valence electrons. The van der Waals surface area contributed by atoms with Crippen LogP contribution in [0.25, 0.3) is 12.2 Å². The van der Waals surface area contributed by atoms with Crippen molar-refractivity contribution in [3.05, 3.63) is 47.1 Å². The minimum absolute atomic E-state index is 1.16. The molecule has 2 nitrogen and oxygen atoms in total. The molecule has 0 aliphatic carbocycles. The third-order valence-corrected chi connectivity index (χ3v) is 2.47. The lowest BCUT2D eigenvalue weighted by atomic mass is 10.1. The highest BCUT2D eigenvalue weighted by molar-refractivity contribution is 5.78. The molecule has 2 aliphatic heterocycles. The summed E-state index contributed by atoms with van der Waals surface area (Å²) in [5.74, 6) is 0. The zero-order valence-corrected chi connectivity index (χ0v) is 7.62. The molecular formula is C12H10N2. The number of allylic oxidation sites excluding steroid dienone is 2. The fraction of sp³-hybridized carbons (Fsp3) is 0. The van der Waals surface area contributed by atoms with E-state index in [2.05, 4.69) is 34.9 Å². The predicted octanol–water partition coefficient (Wildman–Crippen LogP) is 1.13. The van der Waals surface area contributed by atoms with Crippen molar-refractivity contribution in [3.8, 4) is 0 Å². The molecule has 2 aliphatic rings. The Balaban J connectivity index is 2.39. The van der Waals surface area contributed by atoms with E-state index in [1.54, 1.807) is 0 Å². The quantitative estimate of drug-likeness (QED) is 0.628. The Labute approximate surface area is 82.0 Å². The third kappa shape index (κ3) is 0.973. The van der Waals surface area contributed by atoms with Gasteiger partial charge in [-0.05, 0) is 12.2 Å². The lowest BCUT2D eigenvalue weighted by molar-refractivity contribution is 1.43. The van der Waals surface area contributed by atoms with E-state index < -0.39 is 0 Å². The van der Waals surface area contributed by atoms with Gasteiger partial charge in [0.15, 0.2) is 0 Å². The van der Waals surface area contributed by atoms with Crippen molar-refractivity contribution in [1.29, 1.82) is 0 Å². The summed E-state index contributed by atoms with van der Waals surface area (Å²) in [6, 6.07) is 4.25. The maximum atomic E-state index is 3.26. The molecule has 0 fully saturated rings. The molecule has 0 atom stereocenters. The molecule has 1 aromatic rings. The monoisotopic (exact) mass is 182 g/mol. The van der Waals surface area contributed by atoms with E-state index in [0.29, 0.717) is 0 Å². The van der Waals surface area contributed by atoms with Crippen molar-refractivity contribution in [2.45, 2.75) is 0 Å². The molecule has 0 saturated heterocycles. The summed E-state index contributed by atoms with van der Waals surface area (Å²) in [7, 11) is 0. The molecule has 0 spiro atoms. The van der Waals surface area contributed by atoms with E-state index in [1.807, 2.05) is 24.6 Å². The molecule has 2 heteroatoms. The van der Waals surface area contributed by atoms with Crippen molar-refractivity contribution in [2.75, 3.05) is 10.6 Å². The number of nitrogens with one attached hydrogen (secondary N) is 2. The molecule has 0 amide bonds. The van der Waals surface area contributed by atoms with Gasteiger partial charge < -0.3 is 10.6 Å². The van der Waals surface area contributed by atoms with E-state index in [0.717, 1.165) is 11.4 Å². The Morgan fingerprint density at radius 2 is 1.21 bits per heavy atom. The number of hydrogen-bond acceptors (Lipinski definition) is 2. The van der Waals surface area contributed by atoms with Crippen molar-refractivity contribution in [3.63, 3.8) is 0 Å². The number of rotatable bonds is 0. The normalized spacial score (nSPS) is 15.4. The standard InChI is InChI=1S/C12H10N2/c1-3-9-5-6-10-4-2-8-14-12(10)11(9)13-7-1/h1-8,13-14H. The van der Waals surface area contributed by atoms with Gasteiger partial charge in [-0.3, -0.25) is 0 Å². The van der Waals surface area contributed by atoms with Crippen molar-refractivity contribution in [1.82, 2.24) is 0 Å². The second kappa shape index (κ2) is 2.77. The first kappa shape index (κ1) is 7.44. The summed E-state index contributed by atoms with van der Waals surface area (Å²) in [6.45, 7) is 0. The van der Waals surface area contributed by atoms with Crippen molar-refractivity contribution < 1.29 is 0 Å². The lowest BCUT2D eigenvalue weighted by Gasteiger charge is -2.15. The highest BCUT2D eigenvalue weighted by Gasteiger charge is 2.06. The minimum atomic E-state index is 1.16. The SMILES string of the molecule is C1=CNc2c3c(ccc2=C1)=CC=CN3. The highest BCUT2D eigenvalue weighted by atomic mass is 14.9. The summed E-state index contributed by atoms with van der Waals surface area (Å²) in [4.78, 5) is 0. The van der Waals surface area contributed by atoms with Crippen LogP contribution >= 0.6 is 0 Å². The van der Waals surface area contributed by atoms with Crippen LogP contribution in [-0.2, 0) is 0 Å². The van der Waals surface area contributed by atoms with Crippen LogP contribution in [0.4, 0.5) is 11.4 Å². The third-order valence-electron chi connectivity index (χ3n) is 2.47. The van der Waals surface area contributed by atoms with Crippen molar-refractivity contribution in [2.24, 2.45) is 0 Å². The van der Waals surface area contributed by atoms with Gasteiger partial charge in [0.1, 0.15) is 0 Å². The average molecular weight is 182 g/mol. The van der Waals surface area contributed by atoms with Gasteiger partial charge in [-0.25, -0.2) is 0 Å². The molecule has 0 aromatic heterocycles. The maximum absolute atomic E-state index is 3.26. The fourth-order valence-corrected chi connectivity index (χ4v) is 1.79. The Bertz CT molecular complexity index is 499. The Kier molecular flexibility index (Phi) is 1.47. The Hall–Kier alpha value is -1.96. The van der Waals surface area contributed by atoms with E-state index in [1.165, 1.54) is 10.4 Å². The van der Waals surface area contributed by atoms with Crippen LogP contribution in [0, 0.1) is 0 Å². The molecule has 1 aromatic carbocycles. The summed E-state index contributed by atoms with van der Waals surface area (Å²) in [6.07, 6.45) is 12.1. The molecule has 0 radical (unpaired) electrons. The van der Waals surface area contributed by atoms with Crippen LogP contribution in [0.3, 0.4) is 0 Å². The van der Waals surface area contributed by atoms with Gasteiger partial charge in [0.05, 0.1) is 11.4 Å². The summed E-state index contributed by atoms with van der Waals surface area (Å²) >= 11 is 0. The minimum Gasteiger partial charge on any atom is -0.359 e. The van der Waals surface area contributed by atoms with E-state index in [9.17, 15) is 0 Å². The van der Waals surface area contributed by atoms with Crippen LogP contribution in [0.1, 0.15) is 0 Å². The molecule has 0 unspecified atom stereocenters. The zero-order chi connectivity index (χ0) is 9.38. The van der Waals surface area contributed by atoms with Gasteiger partial charge in [-0.1, -0.05) is 24.3 Å². The Morgan fingerprint density at radius 3 is 1.71 bits per heavy atom. The van der Waals surface area contributed by atoms with Crippen LogP contribution in [0.5, 0.6) is 0 Å². The van der Waals surface area contributed by atoms with Crippen LogP contribution in [0.15, 0.2) is 36.7 Å². The summed E-state index contributed by atoms with van der Waals surface area (Å²) in [5.41, 5.74) is 2.32. The van der Waals surface area contributed by atoms with E-state index in [-0.39, 0.29) is 0 Å². The van der Waals surface area contributed by atoms with Crippen LogP contribution in [0.2, 0.25) is 0 Å². The second-order valence-electron chi connectivity index (χ2n) is 3.33. The van der Waals surface area contributed by atoms with Gasteiger partial charge >= 0.3 is 0 Å². The number of fused-ring (bicyclic) bond motifs is 3. The molecule has 0 bridgehead atoms. The smallest absolute Gasteiger partial charge is 0.0698 e. The first-order valence-corrected chi connectivity index (χ1v) is 4.65. The molecule has 2 N–H and O–H groups in total. The first-order chi connectivity index (χ1) is 6.95. The van der Waals surface area contributed by atoms with Gasteiger partial charge in [-0.15, -0.1) is 0 Å². The topological polar surface area (TPSA) is 24.1 Å². The average Bonchev–Trinajstić information content (AvgIpc) is 2.29. The van der Waals surface area contributed by atoms with Gasteiger partial charge in [-0.2, -0.15) is 0 Å². The van der Waals surface area contributed by atoms with Gasteiger partial charge in [0.2, 0.25) is 0 Å².